The molecule has 0 bridgehead atoms. The Morgan fingerprint density at radius 2 is 1.88 bits per heavy atom. The number of aliphatic hydroxyl groups excluding tert-OH is 1. The van der Waals surface area contributed by atoms with Crippen molar-refractivity contribution in [1.29, 1.82) is 0 Å². The number of aromatic nitrogens is 2. The second-order valence-corrected chi connectivity index (χ2v) is 9.02. The van der Waals surface area contributed by atoms with Gasteiger partial charge in [0, 0.05) is 10.6 Å². The number of carbonyl (C=O) groups is 1. The van der Waals surface area contributed by atoms with E-state index >= 15 is 0 Å². The first kappa shape index (κ1) is 22.6. The van der Waals surface area contributed by atoms with Crippen LogP contribution in [0.25, 0.3) is 16.9 Å². The van der Waals surface area contributed by atoms with E-state index in [1.54, 1.807) is 47.1 Å². The second-order valence-electron chi connectivity index (χ2n) is 8.18. The van der Waals surface area contributed by atoms with Crippen molar-refractivity contribution >= 4 is 29.1 Å². The van der Waals surface area contributed by atoms with Gasteiger partial charge in [0.25, 0.3) is 0 Å². The van der Waals surface area contributed by atoms with Crippen molar-refractivity contribution in [2.75, 3.05) is 0 Å². The summed E-state index contributed by atoms with van der Waals surface area (Å²) in [5.74, 6) is -0.0178. The van der Waals surface area contributed by atoms with Gasteiger partial charge in [0.1, 0.15) is 5.75 Å². The molecule has 1 aliphatic rings. The number of halogens is 2. The molecule has 6 nitrogen and oxygen atoms in total. The maximum absolute atomic E-state index is 12.8. The number of nitrogens with one attached hydrogen (secondary N) is 1. The number of aliphatic hydroxyl groups is 1. The maximum Gasteiger partial charge on any atom is 0.226 e. The first-order chi connectivity index (χ1) is 15.3. The van der Waals surface area contributed by atoms with Gasteiger partial charge in [-0.15, -0.1) is 0 Å². The minimum absolute atomic E-state index is 0.0817. The molecule has 1 aromatic heterocycles. The Morgan fingerprint density at radius 3 is 2.56 bits per heavy atom. The second kappa shape index (κ2) is 9.53. The van der Waals surface area contributed by atoms with Crippen molar-refractivity contribution in [2.24, 2.45) is 0 Å². The van der Waals surface area contributed by atoms with E-state index in [0.717, 1.165) is 36.1 Å². The van der Waals surface area contributed by atoms with Gasteiger partial charge < -0.3 is 15.5 Å². The van der Waals surface area contributed by atoms with Gasteiger partial charge >= 0.3 is 0 Å². The molecule has 2 atom stereocenters. The van der Waals surface area contributed by atoms with Crippen molar-refractivity contribution < 1.29 is 15.0 Å². The van der Waals surface area contributed by atoms with Crippen LogP contribution in [0.15, 0.2) is 42.5 Å². The third kappa shape index (κ3) is 4.77. The van der Waals surface area contributed by atoms with Crippen LogP contribution in [0.2, 0.25) is 10.0 Å². The van der Waals surface area contributed by atoms with E-state index in [0.29, 0.717) is 27.8 Å². The Balaban J connectivity index is 1.70. The first-order valence-corrected chi connectivity index (χ1v) is 11.4. The number of carbonyl (C=O) groups excluding carboxylic acids is 1. The highest BCUT2D eigenvalue weighted by Gasteiger charge is 2.26. The molecule has 3 N–H and O–H groups in total. The molecular formula is C24H25Cl2N3O3. The average molecular weight is 474 g/mol. The molecule has 0 spiro atoms. The molecule has 1 amide bonds. The SMILES string of the molecule is Cc1c(CC(=O)N[C@H]2CCCC[C@H]2O)nn(-c2ccc(Cl)cc2Cl)c1-c1ccc(O)cc1. The number of phenols is 1. The zero-order chi connectivity index (χ0) is 22.8. The van der Waals surface area contributed by atoms with Gasteiger partial charge in [-0.3, -0.25) is 4.79 Å². The van der Waals surface area contributed by atoms with Crippen LogP contribution in [0, 0.1) is 6.92 Å². The number of hydrogen-bond acceptors (Lipinski definition) is 4. The summed E-state index contributed by atoms with van der Waals surface area (Å²) in [6, 6.07) is 11.7. The van der Waals surface area contributed by atoms with Gasteiger partial charge in [-0.1, -0.05) is 36.0 Å². The molecule has 0 aliphatic heterocycles. The molecule has 2 aromatic carbocycles. The highest BCUT2D eigenvalue weighted by atomic mass is 35.5. The van der Waals surface area contributed by atoms with Crippen LogP contribution in [-0.4, -0.2) is 38.0 Å². The average Bonchev–Trinajstić information content (AvgIpc) is 3.06. The lowest BCUT2D eigenvalue weighted by molar-refractivity contribution is -0.122. The Labute approximate surface area is 196 Å². The van der Waals surface area contributed by atoms with Gasteiger partial charge in [-0.05, 0) is 67.8 Å². The van der Waals surface area contributed by atoms with Crippen LogP contribution in [0.4, 0.5) is 0 Å². The molecule has 4 rings (SSSR count). The fourth-order valence-electron chi connectivity index (χ4n) is 4.18. The number of benzene rings is 2. The van der Waals surface area contributed by atoms with Crippen molar-refractivity contribution in [3.05, 3.63) is 63.8 Å². The largest absolute Gasteiger partial charge is 0.508 e. The topological polar surface area (TPSA) is 87.4 Å². The predicted octanol–water partition coefficient (Wildman–Crippen LogP) is 4.82. The van der Waals surface area contributed by atoms with Crippen LogP contribution >= 0.6 is 23.2 Å². The first-order valence-electron chi connectivity index (χ1n) is 10.6. The Bertz CT molecular complexity index is 1130. The van der Waals surface area contributed by atoms with Gasteiger partial charge in [0.05, 0.1) is 40.7 Å². The van der Waals surface area contributed by atoms with Crippen LogP contribution in [0.5, 0.6) is 5.75 Å². The quantitative estimate of drug-likeness (QED) is 0.495. The Morgan fingerprint density at radius 1 is 1.16 bits per heavy atom. The van der Waals surface area contributed by atoms with E-state index in [4.69, 9.17) is 28.3 Å². The molecule has 0 saturated heterocycles. The summed E-state index contributed by atoms with van der Waals surface area (Å²) in [4.78, 5) is 12.8. The van der Waals surface area contributed by atoms with Crippen molar-refractivity contribution in [3.8, 4) is 22.7 Å². The van der Waals surface area contributed by atoms with E-state index in [9.17, 15) is 15.0 Å². The highest BCUT2D eigenvalue weighted by molar-refractivity contribution is 6.35. The van der Waals surface area contributed by atoms with Gasteiger partial charge in [-0.2, -0.15) is 5.10 Å². The zero-order valence-electron chi connectivity index (χ0n) is 17.7. The fourth-order valence-corrected chi connectivity index (χ4v) is 4.67. The van der Waals surface area contributed by atoms with Crippen LogP contribution in [0.3, 0.4) is 0 Å². The van der Waals surface area contributed by atoms with E-state index in [1.807, 2.05) is 6.92 Å². The lowest BCUT2D eigenvalue weighted by Crippen LogP contribution is -2.45. The molecule has 8 heteroatoms. The molecule has 3 aromatic rings. The lowest BCUT2D eigenvalue weighted by atomic mass is 9.92. The fraction of sp³-hybridized carbons (Fsp3) is 0.333. The monoisotopic (exact) mass is 473 g/mol. The summed E-state index contributed by atoms with van der Waals surface area (Å²) in [6.07, 6.45) is 3.04. The molecule has 0 unspecified atom stereocenters. The van der Waals surface area contributed by atoms with Crippen LogP contribution in [-0.2, 0) is 11.2 Å². The van der Waals surface area contributed by atoms with Gasteiger partial charge in [-0.25, -0.2) is 4.68 Å². The number of hydrogen-bond donors (Lipinski definition) is 3. The molecular weight excluding hydrogens is 449 g/mol. The molecule has 0 radical (unpaired) electrons. The minimum atomic E-state index is -0.508. The molecule has 1 saturated carbocycles. The standard InChI is InChI=1S/C24H25Cl2N3O3/c1-14-20(13-23(32)27-19-4-2-3-5-22(19)31)28-29(21-11-8-16(25)12-18(21)26)24(14)15-6-9-17(30)10-7-15/h6-12,19,22,30-31H,2-5,13H2,1H3,(H,27,32)/t19-,22+/m0/s1. The summed E-state index contributed by atoms with van der Waals surface area (Å²) in [6.45, 7) is 1.91. The van der Waals surface area contributed by atoms with Crippen molar-refractivity contribution in [3.63, 3.8) is 0 Å². The normalized spacial score (nSPS) is 18.5. The third-order valence-electron chi connectivity index (χ3n) is 5.90. The maximum atomic E-state index is 12.8. The smallest absolute Gasteiger partial charge is 0.226 e. The summed E-state index contributed by atoms with van der Waals surface area (Å²) in [7, 11) is 0. The third-order valence-corrected chi connectivity index (χ3v) is 6.44. The summed E-state index contributed by atoms with van der Waals surface area (Å²) >= 11 is 12.5. The Hall–Kier alpha value is -2.54. The minimum Gasteiger partial charge on any atom is -0.508 e. The summed E-state index contributed by atoms with van der Waals surface area (Å²) in [5.41, 5.74) is 3.68. The van der Waals surface area contributed by atoms with E-state index < -0.39 is 6.10 Å². The predicted molar refractivity (Wildman–Crippen MR) is 126 cm³/mol. The number of amides is 1. The van der Waals surface area contributed by atoms with Gasteiger partial charge in [0.15, 0.2) is 0 Å². The van der Waals surface area contributed by atoms with Crippen LogP contribution < -0.4 is 5.32 Å². The highest BCUT2D eigenvalue weighted by Crippen LogP contribution is 2.33. The van der Waals surface area contributed by atoms with Crippen LogP contribution in [0.1, 0.15) is 36.9 Å². The van der Waals surface area contributed by atoms with Crippen molar-refractivity contribution in [1.82, 2.24) is 15.1 Å². The molecule has 1 fully saturated rings. The van der Waals surface area contributed by atoms with E-state index in [1.165, 1.54) is 0 Å². The van der Waals surface area contributed by atoms with E-state index in [-0.39, 0.29) is 24.1 Å². The molecule has 168 valence electrons. The van der Waals surface area contributed by atoms with Gasteiger partial charge in [0.2, 0.25) is 5.91 Å². The summed E-state index contributed by atoms with van der Waals surface area (Å²) in [5, 5.41) is 28.5. The number of rotatable bonds is 5. The van der Waals surface area contributed by atoms with E-state index in [2.05, 4.69) is 5.32 Å². The Kier molecular flexibility index (Phi) is 6.74. The number of phenolic OH excluding ortho intramolecular Hbond substituents is 1. The summed E-state index contributed by atoms with van der Waals surface area (Å²) < 4.78 is 1.71. The molecule has 32 heavy (non-hydrogen) atoms. The number of aromatic hydroxyl groups is 1. The molecule has 1 heterocycles. The zero-order valence-corrected chi connectivity index (χ0v) is 19.2. The lowest BCUT2D eigenvalue weighted by Gasteiger charge is -2.28. The van der Waals surface area contributed by atoms with Crippen molar-refractivity contribution in [2.45, 2.75) is 51.2 Å². The molecule has 1 aliphatic carbocycles. The number of nitrogens with zero attached hydrogens (tertiary/aromatic N) is 2.